The molecular weight excluding hydrogens is 278 g/mol. The van der Waals surface area contributed by atoms with Crippen LogP contribution in [-0.4, -0.2) is 15.0 Å². The molecule has 0 fully saturated rings. The van der Waals surface area contributed by atoms with Gasteiger partial charge in [0.1, 0.15) is 0 Å². The van der Waals surface area contributed by atoms with E-state index in [-0.39, 0.29) is 15.3 Å². The Bertz CT molecular complexity index is 601. The van der Waals surface area contributed by atoms with Crippen LogP contribution in [0, 0.1) is 10.6 Å². The maximum absolute atomic E-state index is 13.3. The van der Waals surface area contributed by atoms with Gasteiger partial charge in [-0.15, -0.1) is 11.3 Å². The van der Waals surface area contributed by atoms with Gasteiger partial charge in [0.05, 0.1) is 16.8 Å². The highest BCUT2D eigenvalue weighted by atomic mass is 32.1. The molecule has 2 aromatic heterocycles. The molecule has 0 amide bonds. The summed E-state index contributed by atoms with van der Waals surface area (Å²) in [7, 11) is 0. The highest BCUT2D eigenvalue weighted by Crippen LogP contribution is 2.36. The van der Waals surface area contributed by atoms with Gasteiger partial charge in [-0.05, 0) is 12.2 Å². The van der Waals surface area contributed by atoms with Crippen LogP contribution in [0.1, 0.15) is 5.01 Å². The molecule has 0 atom stereocenters. The zero-order valence-corrected chi connectivity index (χ0v) is 9.51. The Labute approximate surface area is 101 Å². The average Bonchev–Trinajstić information content (AvgIpc) is 2.70. The minimum absolute atomic E-state index is 0.0108. The summed E-state index contributed by atoms with van der Waals surface area (Å²) in [5.74, 6) is -0.782. The van der Waals surface area contributed by atoms with Gasteiger partial charge < -0.3 is 4.98 Å². The largest absolute Gasteiger partial charge is 0.443 e. The van der Waals surface area contributed by atoms with Crippen molar-refractivity contribution in [1.29, 1.82) is 0 Å². The molecule has 3 nitrogen and oxygen atoms in total. The maximum atomic E-state index is 13.3. The summed E-state index contributed by atoms with van der Waals surface area (Å²) in [5.41, 5.74) is -0.141. The van der Waals surface area contributed by atoms with E-state index in [4.69, 9.17) is 0 Å². The number of aromatic nitrogens is 3. The van der Waals surface area contributed by atoms with Crippen molar-refractivity contribution in [3.63, 3.8) is 0 Å². The van der Waals surface area contributed by atoms with E-state index in [0.29, 0.717) is 11.3 Å². The van der Waals surface area contributed by atoms with Crippen LogP contribution in [-0.2, 0) is 6.18 Å². The molecule has 1 N–H and O–H groups in total. The summed E-state index contributed by atoms with van der Waals surface area (Å²) < 4.78 is 50.2. The quantitative estimate of drug-likeness (QED) is 0.643. The minimum atomic E-state index is -4.54. The highest BCUT2D eigenvalue weighted by molar-refractivity contribution is 7.71. The van der Waals surface area contributed by atoms with Crippen LogP contribution in [0.25, 0.3) is 10.6 Å². The van der Waals surface area contributed by atoms with Crippen LogP contribution >= 0.6 is 23.6 Å². The van der Waals surface area contributed by atoms with Crippen LogP contribution in [0.15, 0.2) is 12.4 Å². The average molecular weight is 281 g/mol. The smallest absolute Gasteiger partial charge is 0.327 e. The number of halogens is 4. The van der Waals surface area contributed by atoms with Crippen molar-refractivity contribution in [2.75, 3.05) is 0 Å². The lowest BCUT2D eigenvalue weighted by Gasteiger charge is -2.00. The molecule has 0 spiro atoms. The van der Waals surface area contributed by atoms with Crippen LogP contribution in [0.4, 0.5) is 17.6 Å². The summed E-state index contributed by atoms with van der Waals surface area (Å²) in [4.78, 5) is 9.06. The predicted molar refractivity (Wildman–Crippen MR) is 55.5 cm³/mol. The third kappa shape index (κ3) is 2.50. The first-order chi connectivity index (χ1) is 7.88. The third-order valence-electron chi connectivity index (χ3n) is 1.76. The van der Waals surface area contributed by atoms with Crippen molar-refractivity contribution >= 4 is 23.6 Å². The molecule has 9 heteroatoms. The van der Waals surface area contributed by atoms with Gasteiger partial charge in [-0.25, -0.2) is 14.4 Å². The normalized spacial score (nSPS) is 11.8. The van der Waals surface area contributed by atoms with Gasteiger partial charge in [-0.3, -0.25) is 0 Å². The fraction of sp³-hybridized carbons (Fsp3) is 0.125. The number of hydrogen-bond donors (Lipinski definition) is 1. The van der Waals surface area contributed by atoms with E-state index in [1.54, 1.807) is 0 Å². The zero-order chi connectivity index (χ0) is 12.6. The fourth-order valence-electron chi connectivity index (χ4n) is 1.08. The van der Waals surface area contributed by atoms with Crippen molar-refractivity contribution in [2.24, 2.45) is 0 Å². The van der Waals surface area contributed by atoms with Gasteiger partial charge in [0, 0.05) is 6.20 Å². The number of nitrogens with zero attached hydrogens (tertiary/aromatic N) is 2. The Hall–Kier alpha value is -1.35. The molecule has 0 bridgehead atoms. The molecule has 0 saturated carbocycles. The van der Waals surface area contributed by atoms with Gasteiger partial charge in [0.2, 0.25) is 0 Å². The summed E-state index contributed by atoms with van der Waals surface area (Å²) in [6.07, 6.45) is -2.75. The van der Waals surface area contributed by atoms with Gasteiger partial charge in [-0.1, -0.05) is 0 Å². The summed E-state index contributed by atoms with van der Waals surface area (Å²) >= 11 is 5.00. The van der Waals surface area contributed by atoms with E-state index < -0.39 is 17.0 Å². The Balaban J connectivity index is 2.51. The SMILES string of the molecule is Fc1cnc(=S)[nH]c1-c1cnc(C(F)(F)F)s1. The van der Waals surface area contributed by atoms with Crippen molar-refractivity contribution in [3.8, 4) is 10.6 Å². The second-order valence-corrected chi connectivity index (χ2v) is 4.36. The van der Waals surface area contributed by atoms with Crippen LogP contribution < -0.4 is 0 Å². The molecule has 2 heterocycles. The van der Waals surface area contributed by atoms with E-state index in [9.17, 15) is 17.6 Å². The number of aromatic amines is 1. The first-order valence-corrected chi connectivity index (χ1v) is 5.38. The molecule has 0 radical (unpaired) electrons. The predicted octanol–water partition coefficient (Wildman–Crippen LogP) is 3.42. The molecule has 0 aliphatic heterocycles. The molecule has 17 heavy (non-hydrogen) atoms. The third-order valence-corrected chi connectivity index (χ3v) is 3.03. The van der Waals surface area contributed by atoms with Gasteiger partial charge in [0.15, 0.2) is 15.6 Å². The van der Waals surface area contributed by atoms with Crippen molar-refractivity contribution in [2.45, 2.75) is 6.18 Å². The summed E-state index contributed by atoms with van der Waals surface area (Å²) in [6.45, 7) is 0. The van der Waals surface area contributed by atoms with Crippen LogP contribution in [0.3, 0.4) is 0 Å². The number of H-pyrrole nitrogens is 1. The molecule has 90 valence electrons. The monoisotopic (exact) mass is 281 g/mol. The Morgan fingerprint density at radius 2 is 1.94 bits per heavy atom. The van der Waals surface area contributed by atoms with Crippen molar-refractivity contribution < 1.29 is 17.6 Å². The van der Waals surface area contributed by atoms with Crippen LogP contribution in [0.5, 0.6) is 0 Å². The van der Waals surface area contributed by atoms with Gasteiger partial charge in [0.25, 0.3) is 0 Å². The van der Waals surface area contributed by atoms with E-state index in [1.165, 1.54) is 0 Å². The summed E-state index contributed by atoms with van der Waals surface area (Å²) in [6, 6.07) is 0. The van der Waals surface area contributed by atoms with E-state index in [2.05, 4.69) is 27.2 Å². The Morgan fingerprint density at radius 3 is 2.53 bits per heavy atom. The number of rotatable bonds is 1. The lowest BCUT2D eigenvalue weighted by Crippen LogP contribution is -2.02. The lowest BCUT2D eigenvalue weighted by atomic mass is 10.3. The molecule has 2 aromatic rings. The molecule has 0 aliphatic carbocycles. The zero-order valence-electron chi connectivity index (χ0n) is 7.88. The molecule has 2 rings (SSSR count). The highest BCUT2D eigenvalue weighted by Gasteiger charge is 2.34. The second-order valence-electron chi connectivity index (χ2n) is 2.94. The molecule has 0 aliphatic rings. The first kappa shape index (κ1) is 12.1. The number of hydrogen-bond acceptors (Lipinski definition) is 4. The molecule has 0 aromatic carbocycles. The second kappa shape index (κ2) is 4.15. The fourth-order valence-corrected chi connectivity index (χ4v) is 2.02. The van der Waals surface area contributed by atoms with Crippen molar-refractivity contribution in [1.82, 2.24) is 15.0 Å². The van der Waals surface area contributed by atoms with E-state index >= 15 is 0 Å². The van der Waals surface area contributed by atoms with Crippen molar-refractivity contribution in [3.05, 3.63) is 28.0 Å². The number of alkyl halides is 3. The van der Waals surface area contributed by atoms with E-state index in [1.807, 2.05) is 0 Å². The van der Waals surface area contributed by atoms with Gasteiger partial charge >= 0.3 is 6.18 Å². The standard InChI is InChI=1S/C8H3F4N3S2/c9-3-1-14-7(16)15-5(3)4-2-13-6(17-4)8(10,11)12/h1-2H,(H,14,15,16). The Morgan fingerprint density at radius 1 is 1.24 bits per heavy atom. The molecular formula is C8H3F4N3S2. The number of nitrogens with one attached hydrogen (secondary N) is 1. The van der Waals surface area contributed by atoms with Gasteiger partial charge in [-0.2, -0.15) is 13.2 Å². The Kier molecular flexibility index (Phi) is 2.96. The minimum Gasteiger partial charge on any atom is -0.327 e. The maximum Gasteiger partial charge on any atom is 0.443 e. The van der Waals surface area contributed by atoms with Crippen LogP contribution in [0.2, 0.25) is 0 Å². The number of thiazole rings is 1. The molecule has 0 unspecified atom stereocenters. The lowest BCUT2D eigenvalue weighted by molar-refractivity contribution is -0.137. The first-order valence-electron chi connectivity index (χ1n) is 4.16. The topological polar surface area (TPSA) is 41.6 Å². The summed E-state index contributed by atoms with van der Waals surface area (Å²) in [5, 5.41) is -1.04. The van der Waals surface area contributed by atoms with E-state index in [0.717, 1.165) is 12.4 Å². The molecule has 0 saturated heterocycles.